The third-order valence-corrected chi connectivity index (χ3v) is 6.56. The molecule has 0 fully saturated rings. The molecule has 162 valence electrons. The van der Waals surface area contributed by atoms with E-state index in [4.69, 9.17) is 4.74 Å². The van der Waals surface area contributed by atoms with Gasteiger partial charge in [0, 0.05) is 34.1 Å². The van der Waals surface area contributed by atoms with E-state index in [-0.39, 0.29) is 11.9 Å². The predicted molar refractivity (Wildman–Crippen MR) is 131 cm³/mol. The van der Waals surface area contributed by atoms with Crippen molar-refractivity contribution in [3.05, 3.63) is 106 Å². The van der Waals surface area contributed by atoms with Gasteiger partial charge in [-0.2, -0.15) is 0 Å². The van der Waals surface area contributed by atoms with Crippen LogP contribution in [0, 0.1) is 13.8 Å². The summed E-state index contributed by atoms with van der Waals surface area (Å²) in [7, 11) is 1.65. The third kappa shape index (κ3) is 4.65. The lowest BCUT2D eigenvalue weighted by Crippen LogP contribution is -2.17. The molecule has 4 aromatic rings. The van der Waals surface area contributed by atoms with Gasteiger partial charge >= 0.3 is 0 Å². The number of nitrogens with zero attached hydrogens (tertiary/aromatic N) is 1. The number of hydrogen-bond donors (Lipinski definition) is 2. The van der Waals surface area contributed by atoms with Crippen LogP contribution in [0.25, 0.3) is 0 Å². The van der Waals surface area contributed by atoms with Crippen LogP contribution in [0.2, 0.25) is 0 Å². The second-order valence-corrected chi connectivity index (χ2v) is 8.66. The van der Waals surface area contributed by atoms with Gasteiger partial charge in [0.05, 0.1) is 13.2 Å². The molecule has 0 aliphatic carbocycles. The van der Waals surface area contributed by atoms with Crippen LogP contribution in [-0.4, -0.2) is 18.0 Å². The van der Waals surface area contributed by atoms with E-state index < -0.39 is 0 Å². The molecule has 0 saturated heterocycles. The van der Waals surface area contributed by atoms with Crippen LogP contribution >= 0.6 is 11.3 Å². The normalized spacial score (nSPS) is 11.6. The zero-order valence-electron chi connectivity index (χ0n) is 18.3. The van der Waals surface area contributed by atoms with Gasteiger partial charge in [0.25, 0.3) is 5.91 Å². The summed E-state index contributed by atoms with van der Waals surface area (Å²) in [4.78, 5) is 18.3. The first-order chi connectivity index (χ1) is 15.6. The number of thiophene rings is 1. The molecule has 0 aliphatic rings. The zero-order valence-corrected chi connectivity index (χ0v) is 19.1. The van der Waals surface area contributed by atoms with Crippen molar-refractivity contribution in [1.82, 2.24) is 4.98 Å². The van der Waals surface area contributed by atoms with Gasteiger partial charge in [0.1, 0.15) is 10.8 Å². The van der Waals surface area contributed by atoms with Crippen LogP contribution in [0.5, 0.6) is 5.75 Å². The number of anilines is 2. The highest BCUT2D eigenvalue weighted by Gasteiger charge is 2.25. The molecule has 5 nitrogen and oxygen atoms in total. The number of nitrogens with one attached hydrogen (secondary N) is 2. The van der Waals surface area contributed by atoms with Crippen molar-refractivity contribution in [1.29, 1.82) is 0 Å². The van der Waals surface area contributed by atoms with Crippen molar-refractivity contribution in [3.63, 3.8) is 0 Å². The van der Waals surface area contributed by atoms with E-state index in [1.165, 1.54) is 4.88 Å². The van der Waals surface area contributed by atoms with Gasteiger partial charge in [-0.15, -0.1) is 11.3 Å². The number of aromatic nitrogens is 1. The molecule has 0 bridgehead atoms. The largest absolute Gasteiger partial charge is 0.497 e. The number of hydrogen-bond acceptors (Lipinski definition) is 5. The minimum absolute atomic E-state index is 0.119. The van der Waals surface area contributed by atoms with Crippen molar-refractivity contribution in [2.45, 2.75) is 19.9 Å². The molecule has 2 heterocycles. The molecule has 32 heavy (non-hydrogen) atoms. The van der Waals surface area contributed by atoms with Gasteiger partial charge < -0.3 is 15.4 Å². The second kappa shape index (κ2) is 9.66. The summed E-state index contributed by atoms with van der Waals surface area (Å²) >= 11 is 1.60. The topological polar surface area (TPSA) is 63.2 Å². The molecule has 2 aromatic heterocycles. The lowest BCUT2D eigenvalue weighted by molar-refractivity contribution is 0.102. The fourth-order valence-electron chi connectivity index (χ4n) is 3.58. The van der Waals surface area contributed by atoms with Crippen LogP contribution in [0.4, 0.5) is 10.7 Å². The molecule has 4 rings (SSSR count). The monoisotopic (exact) mass is 443 g/mol. The van der Waals surface area contributed by atoms with Crippen molar-refractivity contribution >= 4 is 27.9 Å². The molecule has 1 unspecified atom stereocenters. The minimum Gasteiger partial charge on any atom is -0.497 e. The maximum absolute atomic E-state index is 12.9. The molecule has 2 aromatic carbocycles. The molecule has 1 amide bonds. The number of ether oxygens (including phenoxy) is 1. The lowest BCUT2D eigenvalue weighted by atomic mass is 9.96. The average Bonchev–Trinajstić information content (AvgIpc) is 3.11. The molecular formula is C26H25N3O2S. The van der Waals surface area contributed by atoms with Gasteiger partial charge in [-0.25, -0.2) is 0 Å². The van der Waals surface area contributed by atoms with E-state index >= 15 is 0 Å². The number of benzene rings is 2. The van der Waals surface area contributed by atoms with Crippen molar-refractivity contribution in [2.75, 3.05) is 17.7 Å². The van der Waals surface area contributed by atoms with Crippen LogP contribution in [-0.2, 0) is 0 Å². The number of carbonyl (C=O) groups excluding carboxylic acids is 1. The van der Waals surface area contributed by atoms with Crippen molar-refractivity contribution < 1.29 is 9.53 Å². The van der Waals surface area contributed by atoms with E-state index in [0.29, 0.717) is 5.56 Å². The van der Waals surface area contributed by atoms with Crippen LogP contribution in [0.1, 0.15) is 38.0 Å². The highest BCUT2D eigenvalue weighted by Crippen LogP contribution is 2.41. The highest BCUT2D eigenvalue weighted by atomic mass is 32.1. The fourth-order valence-corrected chi connectivity index (χ4v) is 4.68. The number of carbonyl (C=O) groups is 1. The first-order valence-corrected chi connectivity index (χ1v) is 11.1. The third-order valence-electron chi connectivity index (χ3n) is 5.42. The first kappa shape index (κ1) is 21.6. The Kier molecular flexibility index (Phi) is 6.52. The summed E-state index contributed by atoms with van der Waals surface area (Å²) < 4.78 is 5.29. The van der Waals surface area contributed by atoms with Gasteiger partial charge in [-0.05, 0) is 73.5 Å². The van der Waals surface area contributed by atoms with Gasteiger partial charge in [0.15, 0.2) is 0 Å². The second-order valence-electron chi connectivity index (χ2n) is 7.43. The summed E-state index contributed by atoms with van der Waals surface area (Å²) in [5.41, 5.74) is 4.86. The number of pyridine rings is 1. The predicted octanol–water partition coefficient (Wildman–Crippen LogP) is 6.22. The fraction of sp³-hybridized carbons (Fsp3) is 0.154. The van der Waals surface area contributed by atoms with Crippen LogP contribution in [0.15, 0.2) is 79.1 Å². The van der Waals surface area contributed by atoms with E-state index in [0.717, 1.165) is 33.1 Å². The number of amides is 1. The maximum atomic E-state index is 12.9. The van der Waals surface area contributed by atoms with E-state index in [2.05, 4.69) is 29.5 Å². The van der Waals surface area contributed by atoms with E-state index in [1.54, 1.807) is 30.8 Å². The van der Waals surface area contributed by atoms with Gasteiger partial charge in [-0.1, -0.05) is 18.2 Å². The van der Waals surface area contributed by atoms with Gasteiger partial charge in [0.2, 0.25) is 0 Å². The molecule has 0 radical (unpaired) electrons. The van der Waals surface area contributed by atoms with Crippen LogP contribution < -0.4 is 15.4 Å². The zero-order chi connectivity index (χ0) is 22.5. The van der Waals surface area contributed by atoms with Crippen LogP contribution in [0.3, 0.4) is 0 Å². The van der Waals surface area contributed by atoms with Crippen molar-refractivity contribution in [2.24, 2.45) is 0 Å². The smallest absolute Gasteiger partial charge is 0.256 e. The summed E-state index contributed by atoms with van der Waals surface area (Å²) in [6.45, 7) is 4.18. The van der Waals surface area contributed by atoms with E-state index in [9.17, 15) is 4.79 Å². The molecule has 0 spiro atoms. The number of aryl methyl sites for hydroxylation is 1. The standard InChI is InChI=1S/C26H25N3O2S/c1-17-18(2)32-26(29-25(30)20-7-5-4-6-8-20)23(17)24(19-13-15-27-16-14-19)28-21-9-11-22(31-3)12-10-21/h4-16,24,28H,1-3H3,(H,29,30). The molecule has 1 atom stereocenters. The molecule has 6 heteroatoms. The summed E-state index contributed by atoms with van der Waals surface area (Å²) in [5.74, 6) is 0.681. The molecule has 0 saturated carbocycles. The number of methoxy groups -OCH3 is 1. The quantitative estimate of drug-likeness (QED) is 0.356. The Bertz CT molecular complexity index is 1190. The Morgan fingerprint density at radius 3 is 2.31 bits per heavy atom. The SMILES string of the molecule is COc1ccc(NC(c2ccncc2)c2c(NC(=O)c3ccccc3)sc(C)c2C)cc1. The van der Waals surface area contributed by atoms with Gasteiger partial charge in [-0.3, -0.25) is 9.78 Å². The lowest BCUT2D eigenvalue weighted by Gasteiger charge is -2.23. The Labute approximate surface area is 192 Å². The molecule has 0 aliphatic heterocycles. The summed E-state index contributed by atoms with van der Waals surface area (Å²) in [6, 6.07) is 20.9. The summed E-state index contributed by atoms with van der Waals surface area (Å²) in [5, 5.41) is 7.63. The first-order valence-electron chi connectivity index (χ1n) is 10.3. The Morgan fingerprint density at radius 2 is 1.66 bits per heavy atom. The summed E-state index contributed by atoms with van der Waals surface area (Å²) in [6.07, 6.45) is 3.57. The Balaban J connectivity index is 1.74. The van der Waals surface area contributed by atoms with Crippen molar-refractivity contribution in [3.8, 4) is 5.75 Å². The average molecular weight is 444 g/mol. The Morgan fingerprint density at radius 1 is 0.969 bits per heavy atom. The van der Waals surface area contributed by atoms with E-state index in [1.807, 2.05) is 66.7 Å². The molecular weight excluding hydrogens is 418 g/mol. The number of rotatable bonds is 7. The maximum Gasteiger partial charge on any atom is 0.256 e. The highest BCUT2D eigenvalue weighted by molar-refractivity contribution is 7.16. The Hall–Kier alpha value is -3.64. The minimum atomic E-state index is -0.164. The molecule has 2 N–H and O–H groups in total.